The molecule has 0 saturated heterocycles. The molecule has 5 rings (SSSR count). The van der Waals surface area contributed by atoms with Crippen molar-refractivity contribution in [1.82, 2.24) is 24.8 Å². The summed E-state index contributed by atoms with van der Waals surface area (Å²) in [6.07, 6.45) is 0. The second-order valence-electron chi connectivity index (χ2n) is 8.43. The molecule has 3 heterocycles. The Hall–Kier alpha value is -3.62. The number of nitrogens with zero attached hydrogens (tertiary/aromatic N) is 3. The number of para-hydroxylation sites is 1. The van der Waals surface area contributed by atoms with Crippen molar-refractivity contribution in [2.45, 2.75) is 33.9 Å². The van der Waals surface area contributed by atoms with E-state index in [2.05, 4.69) is 32.0 Å². The summed E-state index contributed by atoms with van der Waals surface area (Å²) in [4.78, 5) is 44.7. The summed E-state index contributed by atoms with van der Waals surface area (Å²) < 4.78 is 0. The van der Waals surface area contributed by atoms with E-state index < -0.39 is 0 Å². The maximum atomic E-state index is 13.1. The average molecular weight is 472 g/mol. The van der Waals surface area contributed by atoms with Gasteiger partial charge < -0.3 is 9.97 Å². The molecule has 0 radical (unpaired) electrons. The Morgan fingerprint density at radius 1 is 0.882 bits per heavy atom. The second-order valence-corrected chi connectivity index (χ2v) is 9.63. The largest absolute Gasteiger partial charge is 0.309 e. The molecule has 0 saturated carbocycles. The number of thiophene rings is 1. The van der Waals surface area contributed by atoms with Crippen LogP contribution in [0.4, 0.5) is 0 Å². The number of nitrogens with one attached hydrogen (secondary N) is 2. The zero-order valence-corrected chi connectivity index (χ0v) is 20.1. The molecule has 34 heavy (non-hydrogen) atoms. The molecule has 5 aromatic rings. The van der Waals surface area contributed by atoms with Crippen LogP contribution in [0.2, 0.25) is 0 Å². The van der Waals surface area contributed by atoms with Crippen molar-refractivity contribution < 1.29 is 0 Å². The van der Waals surface area contributed by atoms with Gasteiger partial charge in [-0.05, 0) is 38.1 Å². The molecule has 172 valence electrons. The van der Waals surface area contributed by atoms with Gasteiger partial charge in [0.1, 0.15) is 16.5 Å². The summed E-state index contributed by atoms with van der Waals surface area (Å²) in [5.74, 6) is 1.18. The lowest BCUT2D eigenvalue weighted by Crippen LogP contribution is -2.27. The molecule has 0 aliphatic carbocycles. The van der Waals surface area contributed by atoms with E-state index in [0.717, 1.165) is 20.8 Å². The van der Waals surface area contributed by atoms with E-state index >= 15 is 0 Å². The van der Waals surface area contributed by atoms with Crippen molar-refractivity contribution in [2.75, 3.05) is 6.54 Å². The fourth-order valence-electron chi connectivity index (χ4n) is 4.22. The quantitative estimate of drug-likeness (QED) is 0.380. The van der Waals surface area contributed by atoms with Crippen LogP contribution >= 0.6 is 11.3 Å². The predicted octanol–water partition coefficient (Wildman–Crippen LogP) is 4.53. The lowest BCUT2D eigenvalue weighted by Gasteiger charge is -2.19. The van der Waals surface area contributed by atoms with Crippen LogP contribution in [0.3, 0.4) is 0 Å². The summed E-state index contributed by atoms with van der Waals surface area (Å²) in [6.45, 7) is 7.69. The van der Waals surface area contributed by atoms with E-state index in [-0.39, 0.29) is 11.1 Å². The van der Waals surface area contributed by atoms with Gasteiger partial charge in [0.15, 0.2) is 0 Å². The lowest BCUT2D eigenvalue weighted by molar-refractivity contribution is 0.258. The fourth-order valence-corrected chi connectivity index (χ4v) is 5.28. The van der Waals surface area contributed by atoms with Gasteiger partial charge in [0.25, 0.3) is 11.1 Å². The first-order valence-corrected chi connectivity index (χ1v) is 12.0. The molecule has 2 N–H and O–H groups in total. The Morgan fingerprint density at radius 2 is 1.56 bits per heavy atom. The van der Waals surface area contributed by atoms with Crippen LogP contribution in [0.5, 0.6) is 0 Å². The fraction of sp³-hybridized carbons (Fsp3) is 0.231. The molecule has 7 nitrogen and oxygen atoms in total. The van der Waals surface area contributed by atoms with Crippen LogP contribution in [0.15, 0.2) is 58.1 Å². The first-order valence-electron chi connectivity index (χ1n) is 11.2. The standard InChI is InChI=1S/C26H25N5O2S/c1-4-31(13-20-27-19-8-6-5-7-18(19)24(32)28-20)14-21-29-25(33)23-22(16(3)34-26(23)30-21)17-11-9-15(2)10-12-17/h5-12H,4,13-14H2,1-3H3,(H,27,28,32)(H,29,30,33). The Morgan fingerprint density at radius 3 is 2.29 bits per heavy atom. The van der Waals surface area contributed by atoms with Gasteiger partial charge in [0, 0.05) is 10.4 Å². The highest BCUT2D eigenvalue weighted by Gasteiger charge is 2.18. The maximum absolute atomic E-state index is 13.1. The molecule has 3 aromatic heterocycles. The van der Waals surface area contributed by atoms with Crippen LogP contribution in [0, 0.1) is 13.8 Å². The van der Waals surface area contributed by atoms with Crippen molar-refractivity contribution >= 4 is 32.5 Å². The van der Waals surface area contributed by atoms with Crippen molar-refractivity contribution in [2.24, 2.45) is 0 Å². The third kappa shape index (κ3) is 4.18. The molecular formula is C26H25N5O2S. The van der Waals surface area contributed by atoms with Gasteiger partial charge >= 0.3 is 0 Å². The highest BCUT2D eigenvalue weighted by atomic mass is 32.1. The zero-order valence-electron chi connectivity index (χ0n) is 19.3. The van der Waals surface area contributed by atoms with Gasteiger partial charge in [-0.15, -0.1) is 11.3 Å². The third-order valence-electron chi connectivity index (χ3n) is 5.98. The summed E-state index contributed by atoms with van der Waals surface area (Å²) in [5.41, 5.74) is 3.54. The van der Waals surface area contributed by atoms with E-state index in [1.165, 1.54) is 16.9 Å². The summed E-state index contributed by atoms with van der Waals surface area (Å²) >= 11 is 1.54. The predicted molar refractivity (Wildman–Crippen MR) is 137 cm³/mol. The van der Waals surface area contributed by atoms with E-state index in [0.29, 0.717) is 47.6 Å². The monoisotopic (exact) mass is 471 g/mol. The van der Waals surface area contributed by atoms with Gasteiger partial charge in [-0.1, -0.05) is 48.9 Å². The second kappa shape index (κ2) is 8.96. The zero-order chi connectivity index (χ0) is 23.8. The number of fused-ring (bicyclic) bond motifs is 2. The minimum absolute atomic E-state index is 0.131. The Labute approximate surface area is 200 Å². The first-order chi connectivity index (χ1) is 16.4. The number of hydrogen-bond donors (Lipinski definition) is 2. The minimum Gasteiger partial charge on any atom is -0.309 e. The number of hydrogen-bond acceptors (Lipinski definition) is 6. The summed E-state index contributed by atoms with van der Waals surface area (Å²) in [5, 5.41) is 1.21. The Balaban J connectivity index is 1.46. The molecule has 0 aliphatic heterocycles. The molecule has 8 heteroatoms. The smallest absolute Gasteiger partial charge is 0.260 e. The van der Waals surface area contributed by atoms with E-state index in [1.54, 1.807) is 6.07 Å². The number of aromatic nitrogens is 4. The Kier molecular flexibility index (Phi) is 5.85. The molecule has 0 fully saturated rings. The SMILES string of the molecule is CCN(Cc1nc2ccccc2c(=O)[nH]1)Cc1nc2sc(C)c(-c3ccc(C)cc3)c2c(=O)[nH]1. The van der Waals surface area contributed by atoms with Crippen molar-refractivity contribution in [3.63, 3.8) is 0 Å². The van der Waals surface area contributed by atoms with E-state index in [1.807, 2.05) is 51.1 Å². The number of H-pyrrole nitrogens is 2. The van der Waals surface area contributed by atoms with E-state index in [9.17, 15) is 9.59 Å². The molecule has 0 aliphatic rings. The number of aromatic amines is 2. The topological polar surface area (TPSA) is 94.7 Å². The summed E-state index contributed by atoms with van der Waals surface area (Å²) in [6, 6.07) is 15.5. The summed E-state index contributed by atoms with van der Waals surface area (Å²) in [7, 11) is 0. The van der Waals surface area contributed by atoms with Gasteiger partial charge in [0.2, 0.25) is 0 Å². The molecule has 0 spiro atoms. The van der Waals surface area contributed by atoms with Crippen LogP contribution in [-0.4, -0.2) is 31.4 Å². The van der Waals surface area contributed by atoms with Crippen LogP contribution in [-0.2, 0) is 13.1 Å². The van der Waals surface area contributed by atoms with Crippen LogP contribution in [0.1, 0.15) is 29.0 Å². The van der Waals surface area contributed by atoms with Gasteiger partial charge in [-0.25, -0.2) is 9.97 Å². The highest BCUT2D eigenvalue weighted by Crippen LogP contribution is 2.35. The molecule has 0 unspecified atom stereocenters. The molecular weight excluding hydrogens is 446 g/mol. The van der Waals surface area contributed by atoms with Gasteiger partial charge in [-0.2, -0.15) is 0 Å². The van der Waals surface area contributed by atoms with Crippen LogP contribution < -0.4 is 11.1 Å². The van der Waals surface area contributed by atoms with Gasteiger partial charge in [0.05, 0.1) is 29.4 Å². The molecule has 2 aromatic carbocycles. The third-order valence-corrected chi connectivity index (χ3v) is 6.98. The normalized spacial score (nSPS) is 11.6. The van der Waals surface area contributed by atoms with Crippen molar-refractivity contribution in [3.05, 3.63) is 91.3 Å². The minimum atomic E-state index is -0.151. The number of rotatable bonds is 6. The van der Waals surface area contributed by atoms with Crippen molar-refractivity contribution in [3.8, 4) is 11.1 Å². The van der Waals surface area contributed by atoms with Crippen LogP contribution in [0.25, 0.3) is 32.2 Å². The Bertz CT molecular complexity index is 1620. The van der Waals surface area contributed by atoms with Gasteiger partial charge in [-0.3, -0.25) is 14.5 Å². The molecule has 0 amide bonds. The number of aryl methyl sites for hydroxylation is 2. The first kappa shape index (κ1) is 22.2. The van der Waals surface area contributed by atoms with Crippen molar-refractivity contribution in [1.29, 1.82) is 0 Å². The average Bonchev–Trinajstić information content (AvgIpc) is 3.15. The molecule has 0 atom stereocenters. The maximum Gasteiger partial charge on any atom is 0.260 e. The molecule has 0 bridgehead atoms. The highest BCUT2D eigenvalue weighted by molar-refractivity contribution is 7.19. The lowest BCUT2D eigenvalue weighted by atomic mass is 10.0. The number of benzene rings is 2. The van der Waals surface area contributed by atoms with E-state index in [4.69, 9.17) is 4.98 Å².